The van der Waals surface area contributed by atoms with Crippen LogP contribution in [0.3, 0.4) is 0 Å². The van der Waals surface area contributed by atoms with Gasteiger partial charge in [0.05, 0.1) is 7.11 Å². The number of fused-ring (bicyclic) bond motifs is 1. The Bertz CT molecular complexity index is 372. The molecule has 0 aromatic heterocycles. The molecule has 0 saturated heterocycles. The van der Waals surface area contributed by atoms with E-state index in [-0.39, 0.29) is 23.8 Å². The van der Waals surface area contributed by atoms with Gasteiger partial charge in [0.1, 0.15) is 0 Å². The molecule has 2 rings (SSSR count). The van der Waals surface area contributed by atoms with Gasteiger partial charge in [-0.2, -0.15) is 0 Å². The van der Waals surface area contributed by atoms with Crippen LogP contribution in [0.1, 0.15) is 6.92 Å². The van der Waals surface area contributed by atoms with Crippen molar-refractivity contribution in [2.75, 3.05) is 7.11 Å². The number of nitrogens with one attached hydrogen (secondary N) is 1. The molecule has 1 amide bonds. The third-order valence-corrected chi connectivity index (χ3v) is 3.48. The van der Waals surface area contributed by atoms with Crippen molar-refractivity contribution in [1.29, 1.82) is 0 Å². The van der Waals surface area contributed by atoms with Crippen molar-refractivity contribution >= 4 is 11.9 Å². The number of hydrogen-bond acceptors (Lipinski definition) is 3. The minimum absolute atomic E-state index is 0.0513. The van der Waals surface area contributed by atoms with Crippen LogP contribution in [-0.2, 0) is 14.3 Å². The highest BCUT2D eigenvalue weighted by molar-refractivity contribution is 5.89. The molecule has 1 saturated carbocycles. The Balaban J connectivity index is 2.03. The van der Waals surface area contributed by atoms with Gasteiger partial charge in [0.15, 0.2) is 0 Å². The van der Waals surface area contributed by atoms with E-state index in [4.69, 9.17) is 0 Å². The smallest absolute Gasteiger partial charge is 0.330 e. The van der Waals surface area contributed by atoms with Crippen molar-refractivity contribution in [3.8, 4) is 0 Å². The molecule has 4 heteroatoms. The molecule has 0 aromatic carbocycles. The number of rotatable bonds is 2. The fourth-order valence-electron chi connectivity index (χ4n) is 2.47. The summed E-state index contributed by atoms with van der Waals surface area (Å²) in [6, 6.07) is 0.133. The zero-order valence-electron chi connectivity index (χ0n) is 9.34. The Morgan fingerprint density at radius 2 is 2.31 bits per heavy atom. The summed E-state index contributed by atoms with van der Waals surface area (Å²) in [5.41, 5.74) is 0. The summed E-state index contributed by atoms with van der Waals surface area (Å²) in [5.74, 6) is 0.656. The van der Waals surface area contributed by atoms with Crippen molar-refractivity contribution in [2.45, 2.75) is 13.0 Å². The quantitative estimate of drug-likeness (QED) is 0.550. The number of carbonyl (C=O) groups excluding carboxylic acids is 2. The lowest BCUT2D eigenvalue weighted by molar-refractivity contribution is -0.134. The number of esters is 1. The second-order valence-electron chi connectivity index (χ2n) is 4.29. The number of methoxy groups -OCH3 is 1. The molecular formula is C12H15NO3. The molecular weight excluding hydrogens is 206 g/mol. The molecule has 1 aliphatic heterocycles. The van der Waals surface area contributed by atoms with Gasteiger partial charge in [-0.3, -0.25) is 4.79 Å². The van der Waals surface area contributed by atoms with E-state index in [1.54, 1.807) is 6.08 Å². The molecule has 1 N–H and O–H groups in total. The summed E-state index contributed by atoms with van der Waals surface area (Å²) in [5, 5.41) is 2.91. The van der Waals surface area contributed by atoms with Gasteiger partial charge in [-0.05, 0) is 12.0 Å². The lowest BCUT2D eigenvalue weighted by atomic mass is 9.60. The van der Waals surface area contributed by atoms with Gasteiger partial charge in [0.2, 0.25) is 5.91 Å². The summed E-state index contributed by atoms with van der Waals surface area (Å²) < 4.78 is 4.53. The normalized spacial score (nSPS) is 36.5. The molecule has 16 heavy (non-hydrogen) atoms. The fourth-order valence-corrected chi connectivity index (χ4v) is 2.47. The minimum Gasteiger partial charge on any atom is -0.466 e. The zero-order valence-corrected chi connectivity index (χ0v) is 9.34. The molecule has 2 aliphatic rings. The molecule has 1 fully saturated rings. The van der Waals surface area contributed by atoms with E-state index in [0.717, 1.165) is 0 Å². The fraction of sp³-hybridized carbons (Fsp3) is 0.500. The van der Waals surface area contributed by atoms with E-state index in [2.05, 4.69) is 17.0 Å². The molecule has 4 nitrogen and oxygen atoms in total. The van der Waals surface area contributed by atoms with Crippen LogP contribution in [0.2, 0.25) is 0 Å². The monoisotopic (exact) mass is 221 g/mol. The number of carbonyl (C=O) groups is 2. The maximum absolute atomic E-state index is 11.2. The van der Waals surface area contributed by atoms with E-state index >= 15 is 0 Å². The molecule has 0 spiro atoms. The maximum Gasteiger partial charge on any atom is 0.330 e. The van der Waals surface area contributed by atoms with Crippen LogP contribution in [0.25, 0.3) is 0 Å². The highest BCUT2D eigenvalue weighted by Crippen LogP contribution is 2.43. The van der Waals surface area contributed by atoms with Gasteiger partial charge in [0, 0.05) is 24.0 Å². The van der Waals surface area contributed by atoms with E-state index in [9.17, 15) is 9.59 Å². The maximum atomic E-state index is 11.2. The second-order valence-corrected chi connectivity index (χ2v) is 4.29. The summed E-state index contributed by atoms with van der Waals surface area (Å²) in [6.45, 7) is 2.12. The van der Waals surface area contributed by atoms with Crippen molar-refractivity contribution in [3.63, 3.8) is 0 Å². The van der Waals surface area contributed by atoms with Crippen molar-refractivity contribution in [1.82, 2.24) is 5.32 Å². The first-order chi connectivity index (χ1) is 7.63. The first kappa shape index (κ1) is 10.9. The minimum atomic E-state index is -0.353. The predicted molar refractivity (Wildman–Crippen MR) is 58.4 cm³/mol. The Labute approximate surface area is 94.3 Å². The molecule has 0 bridgehead atoms. The third-order valence-electron chi connectivity index (χ3n) is 3.48. The van der Waals surface area contributed by atoms with E-state index in [1.165, 1.54) is 13.2 Å². The molecule has 0 radical (unpaired) electrons. The van der Waals surface area contributed by atoms with Crippen molar-refractivity contribution < 1.29 is 14.3 Å². The average molecular weight is 221 g/mol. The first-order valence-electron chi connectivity index (χ1n) is 5.38. The molecule has 0 unspecified atom stereocenters. The van der Waals surface area contributed by atoms with Crippen LogP contribution < -0.4 is 5.32 Å². The largest absolute Gasteiger partial charge is 0.466 e. The number of amides is 1. The Morgan fingerprint density at radius 1 is 1.56 bits per heavy atom. The molecule has 1 aliphatic carbocycles. The lowest BCUT2D eigenvalue weighted by Crippen LogP contribution is -2.59. The summed E-state index contributed by atoms with van der Waals surface area (Å²) in [7, 11) is 1.35. The molecule has 1 heterocycles. The van der Waals surface area contributed by atoms with Crippen LogP contribution in [0, 0.1) is 17.8 Å². The topological polar surface area (TPSA) is 55.4 Å². The van der Waals surface area contributed by atoms with Crippen LogP contribution in [0.15, 0.2) is 24.3 Å². The van der Waals surface area contributed by atoms with Gasteiger partial charge >= 0.3 is 5.97 Å². The number of hydrogen-bond donors (Lipinski definition) is 1. The summed E-state index contributed by atoms with van der Waals surface area (Å²) in [6.07, 6.45) is 6.80. The SMILES string of the molecule is COC(=O)/C=C/[C@H]1[C@H](C)[C@@H]2C=CC(=O)N[C@@H]21. The molecule has 86 valence electrons. The third kappa shape index (κ3) is 1.75. The standard InChI is InChI=1S/C12H15NO3/c1-7-8-3-5-10(14)13-12(8)9(7)4-6-11(15)16-2/h3-9,12H,1-2H3,(H,13,14)/b6-4+/t7-,8+,9+,12+/m1/s1. The van der Waals surface area contributed by atoms with E-state index < -0.39 is 0 Å². The van der Waals surface area contributed by atoms with Crippen LogP contribution in [0.4, 0.5) is 0 Å². The van der Waals surface area contributed by atoms with E-state index in [0.29, 0.717) is 11.8 Å². The second kappa shape index (κ2) is 4.12. The van der Waals surface area contributed by atoms with Crippen molar-refractivity contribution in [3.05, 3.63) is 24.3 Å². The van der Waals surface area contributed by atoms with Crippen LogP contribution >= 0.6 is 0 Å². The average Bonchev–Trinajstić information content (AvgIpc) is 2.28. The molecule has 0 aromatic rings. The highest BCUT2D eigenvalue weighted by Gasteiger charge is 2.47. The van der Waals surface area contributed by atoms with Crippen LogP contribution in [-0.4, -0.2) is 25.0 Å². The van der Waals surface area contributed by atoms with Gasteiger partial charge < -0.3 is 10.1 Å². The Kier molecular flexibility index (Phi) is 2.81. The zero-order chi connectivity index (χ0) is 11.7. The van der Waals surface area contributed by atoms with Gasteiger partial charge in [-0.15, -0.1) is 0 Å². The summed E-state index contributed by atoms with van der Waals surface area (Å²) >= 11 is 0. The van der Waals surface area contributed by atoms with E-state index in [1.807, 2.05) is 12.2 Å². The van der Waals surface area contributed by atoms with Gasteiger partial charge in [-0.1, -0.05) is 19.1 Å². The van der Waals surface area contributed by atoms with Gasteiger partial charge in [-0.25, -0.2) is 4.79 Å². The highest BCUT2D eigenvalue weighted by atomic mass is 16.5. The Morgan fingerprint density at radius 3 is 3.00 bits per heavy atom. The predicted octanol–water partition coefficient (Wildman–Crippen LogP) is 0.652. The number of ether oxygens (including phenoxy) is 1. The van der Waals surface area contributed by atoms with Crippen LogP contribution in [0.5, 0.6) is 0 Å². The lowest BCUT2D eigenvalue weighted by Gasteiger charge is -2.50. The molecule has 4 atom stereocenters. The summed E-state index contributed by atoms with van der Waals surface area (Å²) in [4.78, 5) is 22.2. The van der Waals surface area contributed by atoms with Gasteiger partial charge in [0.25, 0.3) is 0 Å². The Hall–Kier alpha value is -1.58. The first-order valence-corrected chi connectivity index (χ1v) is 5.38. The van der Waals surface area contributed by atoms with Crippen molar-refractivity contribution in [2.24, 2.45) is 17.8 Å².